The number of amides is 1. The van der Waals surface area contributed by atoms with Gasteiger partial charge < -0.3 is 28.4 Å². The van der Waals surface area contributed by atoms with Crippen LogP contribution in [-0.4, -0.2) is 74.9 Å². The van der Waals surface area contributed by atoms with Gasteiger partial charge in [0.25, 0.3) is 0 Å². The van der Waals surface area contributed by atoms with Crippen molar-refractivity contribution in [3.8, 4) is 0 Å². The summed E-state index contributed by atoms with van der Waals surface area (Å²) < 4.78 is 28.1. The van der Waals surface area contributed by atoms with Gasteiger partial charge in [-0.05, 0) is 54.9 Å². The van der Waals surface area contributed by atoms with Gasteiger partial charge in [-0.3, -0.25) is 0 Å². The highest BCUT2D eigenvalue weighted by Crippen LogP contribution is 2.36. The lowest BCUT2D eigenvalue weighted by Crippen LogP contribution is -2.41. The molecule has 0 aromatic carbocycles. The van der Waals surface area contributed by atoms with E-state index in [1.807, 2.05) is 60.5 Å². The molecule has 0 radical (unpaired) electrons. The van der Waals surface area contributed by atoms with Gasteiger partial charge in [-0.25, -0.2) is 4.79 Å². The number of carbonyl (C=O) groups excluding carboxylic acids is 1. The van der Waals surface area contributed by atoms with E-state index in [4.69, 9.17) is 23.5 Å². The first-order chi connectivity index (χ1) is 12.8. The van der Waals surface area contributed by atoms with Crippen LogP contribution >= 0.6 is 0 Å². The Morgan fingerprint density at radius 1 is 1.04 bits per heavy atom. The maximum Gasteiger partial charge on any atom is 0.486 e. The largest absolute Gasteiger partial charge is 0.486 e. The summed E-state index contributed by atoms with van der Waals surface area (Å²) in [5, 5.41) is 0. The number of hydrogen-bond donors (Lipinski definition) is 0. The van der Waals surface area contributed by atoms with Crippen molar-refractivity contribution in [1.82, 2.24) is 4.90 Å². The van der Waals surface area contributed by atoms with E-state index < -0.39 is 5.60 Å². The van der Waals surface area contributed by atoms with E-state index in [9.17, 15) is 4.79 Å². The van der Waals surface area contributed by atoms with Crippen molar-refractivity contribution in [2.24, 2.45) is 0 Å². The Kier molecular flexibility index (Phi) is 9.47. The van der Waals surface area contributed by atoms with Crippen LogP contribution in [0, 0.1) is 0 Å². The zero-order valence-electron chi connectivity index (χ0n) is 18.9. The fourth-order valence-electron chi connectivity index (χ4n) is 2.34. The summed E-state index contributed by atoms with van der Waals surface area (Å²) in [7, 11) is 1.38. The van der Waals surface area contributed by atoms with Crippen LogP contribution in [0.2, 0.25) is 0 Å². The number of carbonyl (C=O) groups is 1. The third kappa shape index (κ3) is 8.94. The maximum atomic E-state index is 11.8. The molecule has 1 rings (SSSR count). The molecule has 0 atom stereocenters. The normalized spacial score (nSPS) is 18.6. The van der Waals surface area contributed by atoms with Gasteiger partial charge in [-0.15, -0.1) is 0 Å². The Morgan fingerprint density at radius 2 is 1.61 bits per heavy atom. The molecule has 0 N–H and O–H groups in total. The second-order valence-electron chi connectivity index (χ2n) is 9.00. The first kappa shape index (κ1) is 25.0. The summed E-state index contributed by atoms with van der Waals surface area (Å²) in [6, 6.07) is 0. The lowest BCUT2D eigenvalue weighted by molar-refractivity contribution is 0.00578. The molecule has 0 bridgehead atoms. The molecule has 1 amide bonds. The predicted octanol–water partition coefficient (Wildman–Crippen LogP) is 3.46. The molecule has 0 aromatic rings. The zero-order valence-corrected chi connectivity index (χ0v) is 18.9. The molecule has 0 spiro atoms. The molecule has 0 aromatic heterocycles. The van der Waals surface area contributed by atoms with Crippen molar-refractivity contribution >= 4 is 13.2 Å². The highest BCUT2D eigenvalue weighted by atomic mass is 16.7. The van der Waals surface area contributed by atoms with Gasteiger partial charge in [0.15, 0.2) is 0 Å². The number of nitrogens with zero attached hydrogens (tertiary/aromatic N) is 1. The Morgan fingerprint density at radius 3 is 2.18 bits per heavy atom. The fourth-order valence-corrected chi connectivity index (χ4v) is 2.34. The van der Waals surface area contributed by atoms with E-state index >= 15 is 0 Å². The monoisotopic (exact) mass is 399 g/mol. The summed E-state index contributed by atoms with van der Waals surface area (Å²) in [5.74, 6) is 1.88. The van der Waals surface area contributed by atoms with Crippen LogP contribution < -0.4 is 0 Å². The second kappa shape index (κ2) is 10.6. The SMILES string of the molecule is CN(CCCOCCOC/C=C/B1OC(C)(C)C(C)(C)O1)C(=O)OC(C)(C)C. The van der Waals surface area contributed by atoms with Gasteiger partial charge >= 0.3 is 13.2 Å². The molecule has 0 unspecified atom stereocenters. The number of hydrogen-bond acceptors (Lipinski definition) is 6. The average Bonchev–Trinajstić information content (AvgIpc) is 2.74. The lowest BCUT2D eigenvalue weighted by atomic mass is 9.90. The van der Waals surface area contributed by atoms with Gasteiger partial charge in [0.05, 0.1) is 31.0 Å². The molecule has 1 saturated heterocycles. The van der Waals surface area contributed by atoms with E-state index in [1.165, 1.54) is 0 Å². The van der Waals surface area contributed by atoms with E-state index in [0.717, 1.165) is 6.42 Å². The first-order valence-corrected chi connectivity index (χ1v) is 9.96. The Labute approximate surface area is 170 Å². The highest BCUT2D eigenvalue weighted by molar-refractivity contribution is 6.51. The van der Waals surface area contributed by atoms with Crippen LogP contribution in [0.3, 0.4) is 0 Å². The Bertz CT molecular complexity index is 499. The van der Waals surface area contributed by atoms with Gasteiger partial charge in [-0.1, -0.05) is 12.1 Å². The molecule has 7 nitrogen and oxygen atoms in total. The smallest absolute Gasteiger partial charge is 0.444 e. The van der Waals surface area contributed by atoms with Crippen molar-refractivity contribution in [2.75, 3.05) is 40.0 Å². The molecular formula is C20H38BNO6. The lowest BCUT2D eigenvalue weighted by Gasteiger charge is -2.32. The van der Waals surface area contributed by atoms with Crippen LogP contribution in [0.5, 0.6) is 0 Å². The zero-order chi connectivity index (χ0) is 21.4. The standard InChI is InChI=1S/C20H38BNO6/c1-18(2,3)26-17(23)22(8)12-10-14-25-16-15-24-13-9-11-21-27-19(4,5)20(6,7)28-21/h9,11H,10,12-16H2,1-8H3/b11-9+. The van der Waals surface area contributed by atoms with Crippen LogP contribution in [0.25, 0.3) is 0 Å². The van der Waals surface area contributed by atoms with Gasteiger partial charge in [0.1, 0.15) is 5.60 Å². The van der Waals surface area contributed by atoms with Crippen molar-refractivity contribution in [1.29, 1.82) is 0 Å². The molecule has 1 fully saturated rings. The number of rotatable bonds is 10. The summed E-state index contributed by atoms with van der Waals surface area (Å²) in [6.07, 6.45) is 2.33. The predicted molar refractivity (Wildman–Crippen MR) is 110 cm³/mol. The van der Waals surface area contributed by atoms with Crippen molar-refractivity contribution < 1.29 is 28.3 Å². The summed E-state index contributed by atoms with van der Waals surface area (Å²) in [5.41, 5.74) is -1.13. The fraction of sp³-hybridized carbons (Fsp3) is 0.850. The van der Waals surface area contributed by atoms with E-state index in [-0.39, 0.29) is 24.4 Å². The highest BCUT2D eigenvalue weighted by Gasteiger charge is 2.49. The van der Waals surface area contributed by atoms with Gasteiger partial charge in [0.2, 0.25) is 0 Å². The molecule has 28 heavy (non-hydrogen) atoms. The summed E-state index contributed by atoms with van der Waals surface area (Å²) in [4.78, 5) is 13.4. The molecule has 1 aliphatic heterocycles. The van der Waals surface area contributed by atoms with Crippen molar-refractivity contribution in [2.45, 2.75) is 71.7 Å². The molecule has 0 aliphatic carbocycles. The van der Waals surface area contributed by atoms with Gasteiger partial charge in [0, 0.05) is 20.2 Å². The average molecular weight is 399 g/mol. The molecule has 1 heterocycles. The Balaban J connectivity index is 2.02. The first-order valence-electron chi connectivity index (χ1n) is 9.96. The van der Waals surface area contributed by atoms with Crippen molar-refractivity contribution in [3.63, 3.8) is 0 Å². The minimum Gasteiger partial charge on any atom is -0.444 e. The minimum atomic E-state index is -0.476. The molecule has 0 saturated carbocycles. The molecule has 162 valence electrons. The Hall–Kier alpha value is -1.09. The maximum absolute atomic E-state index is 11.8. The van der Waals surface area contributed by atoms with Crippen LogP contribution in [0.4, 0.5) is 4.79 Å². The van der Waals surface area contributed by atoms with Crippen LogP contribution in [0.15, 0.2) is 12.1 Å². The van der Waals surface area contributed by atoms with E-state index in [2.05, 4.69) is 0 Å². The van der Waals surface area contributed by atoms with Gasteiger partial charge in [-0.2, -0.15) is 0 Å². The van der Waals surface area contributed by atoms with E-state index in [1.54, 1.807) is 11.9 Å². The molecule has 8 heteroatoms. The second-order valence-corrected chi connectivity index (χ2v) is 9.00. The third-order valence-electron chi connectivity index (χ3n) is 4.64. The minimum absolute atomic E-state index is 0.315. The van der Waals surface area contributed by atoms with Crippen LogP contribution in [-0.2, 0) is 23.5 Å². The third-order valence-corrected chi connectivity index (χ3v) is 4.64. The summed E-state index contributed by atoms with van der Waals surface area (Å²) >= 11 is 0. The molecular weight excluding hydrogens is 361 g/mol. The molecule has 1 aliphatic rings. The van der Waals surface area contributed by atoms with Crippen LogP contribution in [0.1, 0.15) is 54.9 Å². The van der Waals surface area contributed by atoms with Crippen molar-refractivity contribution in [3.05, 3.63) is 12.1 Å². The topological polar surface area (TPSA) is 66.5 Å². The number of ether oxygens (including phenoxy) is 3. The van der Waals surface area contributed by atoms with E-state index in [0.29, 0.717) is 33.0 Å². The summed E-state index contributed by atoms with van der Waals surface area (Å²) in [6.45, 7) is 16.3. The quantitative estimate of drug-likeness (QED) is 0.414.